The molecule has 0 aromatic heterocycles. The Kier molecular flexibility index (Phi) is 4.84. The molecule has 1 fully saturated rings. The molecule has 1 aliphatic rings. The number of hydrogen-bond acceptors (Lipinski definition) is 3. The number of rotatable bonds is 3. The average molecular weight is 312 g/mol. The van der Waals surface area contributed by atoms with Crippen molar-refractivity contribution in [1.82, 2.24) is 4.90 Å². The van der Waals surface area contributed by atoms with Gasteiger partial charge in [-0.25, -0.2) is 8.42 Å². The van der Waals surface area contributed by atoms with Gasteiger partial charge in [-0.2, -0.15) is 0 Å². The smallest absolute Gasteiger partial charge is 0.156 e. The van der Waals surface area contributed by atoms with Gasteiger partial charge < -0.3 is 4.90 Å². The molecule has 0 aromatic rings. The largest absolute Gasteiger partial charge is 0.301 e. The standard InChI is InChI=1S/C11H22BrNO2S/c1-11(2,3)16(14,15)8-7-13-6-4-5-10(12)9-13/h10H,4-9H2,1-3H3. The van der Waals surface area contributed by atoms with Crippen LogP contribution in [0.25, 0.3) is 0 Å². The summed E-state index contributed by atoms with van der Waals surface area (Å²) in [7, 11) is -2.97. The van der Waals surface area contributed by atoms with Gasteiger partial charge in [-0.15, -0.1) is 0 Å². The summed E-state index contributed by atoms with van der Waals surface area (Å²) < 4.78 is 23.2. The van der Waals surface area contributed by atoms with E-state index in [4.69, 9.17) is 0 Å². The van der Waals surface area contributed by atoms with E-state index < -0.39 is 14.6 Å². The van der Waals surface area contributed by atoms with Gasteiger partial charge in [0.05, 0.1) is 10.5 Å². The minimum atomic E-state index is -2.97. The Bertz CT molecular complexity index is 321. The molecule has 16 heavy (non-hydrogen) atoms. The van der Waals surface area contributed by atoms with Crippen LogP contribution in [-0.2, 0) is 9.84 Å². The van der Waals surface area contributed by atoms with Crippen molar-refractivity contribution in [3.8, 4) is 0 Å². The summed E-state index contributed by atoms with van der Waals surface area (Å²) in [4.78, 5) is 2.77. The van der Waals surface area contributed by atoms with E-state index in [2.05, 4.69) is 20.8 Å². The monoisotopic (exact) mass is 311 g/mol. The van der Waals surface area contributed by atoms with E-state index in [0.717, 1.165) is 19.5 Å². The fraction of sp³-hybridized carbons (Fsp3) is 1.00. The molecule has 5 heteroatoms. The van der Waals surface area contributed by atoms with Crippen molar-refractivity contribution in [3.05, 3.63) is 0 Å². The molecule has 0 aliphatic carbocycles. The van der Waals surface area contributed by atoms with E-state index in [-0.39, 0.29) is 5.75 Å². The second-order valence-electron chi connectivity index (χ2n) is 5.47. The van der Waals surface area contributed by atoms with Crippen molar-refractivity contribution in [2.45, 2.75) is 43.2 Å². The molecule has 1 aliphatic heterocycles. The Morgan fingerprint density at radius 3 is 2.50 bits per heavy atom. The van der Waals surface area contributed by atoms with E-state index in [1.54, 1.807) is 20.8 Å². The topological polar surface area (TPSA) is 37.4 Å². The fourth-order valence-electron chi connectivity index (χ4n) is 1.76. The van der Waals surface area contributed by atoms with Gasteiger partial charge in [0.15, 0.2) is 9.84 Å². The number of alkyl halides is 1. The molecule has 0 aromatic carbocycles. The number of sulfone groups is 1. The summed E-state index contributed by atoms with van der Waals surface area (Å²) in [6, 6.07) is 0. The Labute approximate surface area is 108 Å². The zero-order chi connectivity index (χ0) is 12.4. The zero-order valence-corrected chi connectivity index (χ0v) is 12.8. The van der Waals surface area contributed by atoms with Gasteiger partial charge in [0.2, 0.25) is 0 Å². The van der Waals surface area contributed by atoms with Crippen molar-refractivity contribution in [2.24, 2.45) is 0 Å². The molecular formula is C11H22BrNO2S. The van der Waals surface area contributed by atoms with Crippen molar-refractivity contribution in [2.75, 3.05) is 25.4 Å². The summed E-state index contributed by atoms with van der Waals surface area (Å²) in [6.07, 6.45) is 2.36. The van der Waals surface area contributed by atoms with Crippen LogP contribution in [0.4, 0.5) is 0 Å². The van der Waals surface area contributed by atoms with Gasteiger partial charge in [-0.05, 0) is 40.2 Å². The molecule has 1 heterocycles. The Balaban J connectivity index is 2.46. The minimum absolute atomic E-state index is 0.274. The second kappa shape index (κ2) is 5.36. The number of hydrogen-bond donors (Lipinski definition) is 0. The SMILES string of the molecule is CC(C)(C)S(=O)(=O)CCN1CCCC(Br)C1. The quantitative estimate of drug-likeness (QED) is 0.749. The van der Waals surface area contributed by atoms with Gasteiger partial charge in [0.1, 0.15) is 0 Å². The maximum absolute atomic E-state index is 11.9. The molecule has 0 radical (unpaired) electrons. The lowest BCUT2D eigenvalue weighted by molar-refractivity contribution is 0.248. The van der Waals surface area contributed by atoms with Gasteiger partial charge in [-0.3, -0.25) is 0 Å². The van der Waals surface area contributed by atoms with Crippen molar-refractivity contribution < 1.29 is 8.42 Å². The van der Waals surface area contributed by atoms with Crippen molar-refractivity contribution in [1.29, 1.82) is 0 Å². The maximum atomic E-state index is 11.9. The van der Waals surface area contributed by atoms with Gasteiger partial charge >= 0.3 is 0 Å². The highest BCUT2D eigenvalue weighted by Gasteiger charge is 2.29. The lowest BCUT2D eigenvalue weighted by Crippen LogP contribution is -2.41. The van der Waals surface area contributed by atoms with Crippen LogP contribution in [0.3, 0.4) is 0 Å². The average Bonchev–Trinajstić information content (AvgIpc) is 2.13. The molecule has 0 amide bonds. The van der Waals surface area contributed by atoms with Gasteiger partial charge in [0, 0.05) is 17.9 Å². The highest BCUT2D eigenvalue weighted by atomic mass is 79.9. The van der Waals surface area contributed by atoms with E-state index in [1.807, 2.05) is 0 Å². The predicted molar refractivity (Wildman–Crippen MR) is 71.9 cm³/mol. The third-order valence-electron chi connectivity index (χ3n) is 3.06. The van der Waals surface area contributed by atoms with Crippen molar-refractivity contribution in [3.63, 3.8) is 0 Å². The molecule has 1 rings (SSSR count). The first kappa shape index (κ1) is 14.5. The predicted octanol–water partition coefficient (Wildman–Crippen LogP) is 2.06. The summed E-state index contributed by atoms with van der Waals surface area (Å²) in [5.74, 6) is 0.274. The first-order valence-corrected chi connectivity index (χ1v) is 8.38. The molecule has 0 saturated carbocycles. The Hall–Kier alpha value is 0.390. The Morgan fingerprint density at radius 2 is 2.00 bits per heavy atom. The molecule has 0 spiro atoms. The molecule has 1 atom stereocenters. The second-order valence-corrected chi connectivity index (χ2v) is 9.63. The zero-order valence-electron chi connectivity index (χ0n) is 10.4. The molecule has 1 unspecified atom stereocenters. The summed E-state index contributed by atoms with van der Waals surface area (Å²) in [5, 5.41) is 0. The van der Waals surface area contributed by atoms with Crippen LogP contribution in [0, 0.1) is 0 Å². The van der Waals surface area contributed by atoms with E-state index >= 15 is 0 Å². The molecule has 96 valence electrons. The number of likely N-dealkylation sites (tertiary alicyclic amines) is 1. The molecule has 1 saturated heterocycles. The van der Waals surface area contributed by atoms with Crippen LogP contribution < -0.4 is 0 Å². The third kappa shape index (κ3) is 4.00. The normalized spacial score (nSPS) is 24.6. The van der Waals surface area contributed by atoms with Crippen molar-refractivity contribution >= 4 is 25.8 Å². The number of piperidine rings is 1. The third-order valence-corrected chi connectivity index (χ3v) is 6.39. The molecule has 0 N–H and O–H groups in total. The molecule has 0 bridgehead atoms. The summed E-state index contributed by atoms with van der Waals surface area (Å²) in [6.45, 7) is 7.98. The van der Waals surface area contributed by atoms with E-state index in [0.29, 0.717) is 11.4 Å². The number of nitrogens with zero attached hydrogens (tertiary/aromatic N) is 1. The van der Waals surface area contributed by atoms with Crippen LogP contribution in [0.5, 0.6) is 0 Å². The fourth-order valence-corrected chi connectivity index (χ4v) is 3.60. The van der Waals surface area contributed by atoms with Crippen LogP contribution in [0.15, 0.2) is 0 Å². The first-order chi connectivity index (χ1) is 7.22. The maximum Gasteiger partial charge on any atom is 0.156 e. The number of halogens is 1. The summed E-state index contributed by atoms with van der Waals surface area (Å²) in [5.41, 5.74) is 0. The highest BCUT2D eigenvalue weighted by molar-refractivity contribution is 9.09. The summed E-state index contributed by atoms with van der Waals surface area (Å²) >= 11 is 3.60. The van der Waals surface area contributed by atoms with Crippen LogP contribution in [0.1, 0.15) is 33.6 Å². The highest BCUT2D eigenvalue weighted by Crippen LogP contribution is 2.19. The minimum Gasteiger partial charge on any atom is -0.301 e. The van der Waals surface area contributed by atoms with Crippen LogP contribution in [0.2, 0.25) is 0 Å². The van der Waals surface area contributed by atoms with Crippen LogP contribution in [-0.4, -0.2) is 48.3 Å². The van der Waals surface area contributed by atoms with E-state index in [1.165, 1.54) is 6.42 Å². The lowest BCUT2D eigenvalue weighted by atomic mass is 10.1. The molecule has 3 nitrogen and oxygen atoms in total. The van der Waals surface area contributed by atoms with Gasteiger partial charge in [0.25, 0.3) is 0 Å². The van der Waals surface area contributed by atoms with Crippen LogP contribution >= 0.6 is 15.9 Å². The lowest BCUT2D eigenvalue weighted by Gasteiger charge is -2.30. The van der Waals surface area contributed by atoms with Gasteiger partial charge in [-0.1, -0.05) is 15.9 Å². The first-order valence-electron chi connectivity index (χ1n) is 5.81. The molecular weight excluding hydrogens is 290 g/mol. The van der Waals surface area contributed by atoms with E-state index in [9.17, 15) is 8.42 Å². The Morgan fingerprint density at radius 1 is 1.38 bits per heavy atom.